The van der Waals surface area contributed by atoms with Crippen LogP contribution in [0.3, 0.4) is 0 Å². The number of allylic oxidation sites excluding steroid dienone is 1. The normalized spacial score (nSPS) is 20.2. The molecule has 11 heteroatoms. The second-order valence-corrected chi connectivity index (χ2v) is 10.5. The molecule has 200 valence electrons. The molecule has 0 bridgehead atoms. The quantitative estimate of drug-likeness (QED) is 0.486. The number of alkyl halides is 1. The van der Waals surface area contributed by atoms with E-state index in [-0.39, 0.29) is 5.56 Å². The topological polar surface area (TPSA) is 107 Å². The summed E-state index contributed by atoms with van der Waals surface area (Å²) in [5.41, 5.74) is 1.35. The van der Waals surface area contributed by atoms with Gasteiger partial charge in [-0.2, -0.15) is 0 Å². The number of nitrogens with one attached hydrogen (secondary N) is 2. The Labute approximate surface area is 224 Å². The second-order valence-electron chi connectivity index (χ2n) is 9.51. The van der Waals surface area contributed by atoms with Gasteiger partial charge in [0.1, 0.15) is 11.9 Å². The summed E-state index contributed by atoms with van der Waals surface area (Å²) < 4.78 is 31.2. The third kappa shape index (κ3) is 6.49. The number of aromatic nitrogens is 3. The van der Waals surface area contributed by atoms with Crippen LogP contribution in [0.5, 0.6) is 5.88 Å². The third-order valence-electron chi connectivity index (χ3n) is 6.56. The van der Waals surface area contributed by atoms with E-state index in [2.05, 4.69) is 37.7 Å². The Hall–Kier alpha value is -3.49. The van der Waals surface area contributed by atoms with E-state index in [0.717, 1.165) is 38.9 Å². The van der Waals surface area contributed by atoms with Crippen LogP contribution in [-0.2, 0) is 9.47 Å². The number of anilines is 1. The maximum atomic E-state index is 14.3. The zero-order valence-corrected chi connectivity index (χ0v) is 22.1. The summed E-state index contributed by atoms with van der Waals surface area (Å²) in [6.07, 6.45) is 7.70. The largest absolute Gasteiger partial charge is 0.495 e. The van der Waals surface area contributed by atoms with E-state index < -0.39 is 18.1 Å². The van der Waals surface area contributed by atoms with Gasteiger partial charge in [-0.05, 0) is 50.5 Å². The summed E-state index contributed by atoms with van der Waals surface area (Å²) in [6, 6.07) is 1.11. The lowest BCUT2D eigenvalue weighted by atomic mass is 9.94. The van der Waals surface area contributed by atoms with Crippen LogP contribution in [0.2, 0.25) is 0 Å². The van der Waals surface area contributed by atoms with Gasteiger partial charge < -0.3 is 19.5 Å². The molecule has 1 aliphatic carbocycles. The van der Waals surface area contributed by atoms with Gasteiger partial charge in [-0.1, -0.05) is 17.3 Å². The molecule has 2 N–H and O–H groups in total. The van der Waals surface area contributed by atoms with Crippen LogP contribution >= 0.6 is 11.3 Å². The molecule has 2 atom stereocenters. The van der Waals surface area contributed by atoms with Gasteiger partial charge in [0.15, 0.2) is 5.01 Å². The monoisotopic (exact) mass is 539 g/mol. The van der Waals surface area contributed by atoms with E-state index in [1.54, 1.807) is 18.3 Å². The molecule has 38 heavy (non-hydrogen) atoms. The van der Waals surface area contributed by atoms with E-state index in [9.17, 15) is 9.18 Å². The third-order valence-corrected chi connectivity index (χ3v) is 7.31. The Kier molecular flexibility index (Phi) is 8.20. The number of rotatable bonds is 8. The Bertz CT molecular complexity index is 1290. The fourth-order valence-corrected chi connectivity index (χ4v) is 4.73. The molecule has 2 aliphatic heterocycles. The highest BCUT2D eigenvalue weighted by Gasteiger charge is 2.26. The minimum Gasteiger partial charge on any atom is -0.495 e. The maximum absolute atomic E-state index is 14.3. The van der Waals surface area contributed by atoms with Crippen molar-refractivity contribution >= 4 is 27.9 Å². The molecule has 0 spiro atoms. The van der Waals surface area contributed by atoms with Crippen molar-refractivity contribution in [2.45, 2.75) is 44.8 Å². The van der Waals surface area contributed by atoms with Crippen molar-refractivity contribution in [3.8, 4) is 17.7 Å². The fraction of sp³-hybridized carbons (Fsp3) is 0.481. The van der Waals surface area contributed by atoms with Crippen LogP contribution in [0.25, 0.3) is 5.57 Å². The van der Waals surface area contributed by atoms with E-state index in [1.807, 2.05) is 0 Å². The van der Waals surface area contributed by atoms with Crippen molar-refractivity contribution in [3.05, 3.63) is 46.4 Å². The molecule has 2 unspecified atom stereocenters. The number of dihydropyridines is 1. The molecule has 2 aromatic rings. The van der Waals surface area contributed by atoms with E-state index >= 15 is 0 Å². The highest BCUT2D eigenvalue weighted by molar-refractivity contribution is 7.15. The highest BCUT2D eigenvalue weighted by atomic mass is 32.1. The molecule has 4 heterocycles. The van der Waals surface area contributed by atoms with Crippen LogP contribution in [0.1, 0.15) is 53.5 Å². The van der Waals surface area contributed by atoms with Gasteiger partial charge >= 0.3 is 0 Å². The summed E-state index contributed by atoms with van der Waals surface area (Å²) >= 11 is 1.21. The first-order valence-electron chi connectivity index (χ1n) is 12.7. The molecular formula is C27H30FN5O4S. The standard InChI is InChI=1S/C27H30FN5O4S/c1-16(28)22-11-20(23(35-2)14-29-22)19-12-24(37-15-18-7-9-36-10-8-18)30-13-21(19)26(34)31-27-33-32-25(38-27)6-5-17-3-4-17/h11-14,16-18,22,29H,3-4,7-10,15H2,1-2H3,(H,31,33,34). The van der Waals surface area contributed by atoms with Crippen molar-refractivity contribution < 1.29 is 23.4 Å². The lowest BCUT2D eigenvalue weighted by molar-refractivity contribution is 0.0490. The summed E-state index contributed by atoms with van der Waals surface area (Å²) in [7, 11) is 1.52. The maximum Gasteiger partial charge on any atom is 0.259 e. The zero-order valence-electron chi connectivity index (χ0n) is 21.3. The molecule has 0 aromatic carbocycles. The number of carbonyl (C=O) groups is 1. The minimum atomic E-state index is -1.17. The molecular weight excluding hydrogens is 509 g/mol. The smallest absolute Gasteiger partial charge is 0.259 e. The van der Waals surface area contributed by atoms with Gasteiger partial charge in [0.2, 0.25) is 11.0 Å². The number of halogens is 1. The minimum absolute atomic E-state index is 0.269. The highest BCUT2D eigenvalue weighted by Crippen LogP contribution is 2.33. The summed E-state index contributed by atoms with van der Waals surface area (Å²) in [4.78, 5) is 17.8. The molecule has 2 fully saturated rings. The van der Waals surface area contributed by atoms with E-state index in [4.69, 9.17) is 14.2 Å². The van der Waals surface area contributed by atoms with Crippen LogP contribution in [-0.4, -0.2) is 60.2 Å². The van der Waals surface area contributed by atoms with Gasteiger partial charge in [0.05, 0.1) is 25.3 Å². The zero-order chi connectivity index (χ0) is 26.5. The molecule has 3 aliphatic rings. The molecule has 1 saturated heterocycles. The lowest BCUT2D eigenvalue weighted by Crippen LogP contribution is -2.34. The van der Waals surface area contributed by atoms with Gasteiger partial charge in [0, 0.05) is 48.7 Å². The van der Waals surface area contributed by atoms with Crippen molar-refractivity contribution in [3.63, 3.8) is 0 Å². The van der Waals surface area contributed by atoms with E-state index in [1.165, 1.54) is 31.6 Å². The molecule has 1 saturated carbocycles. The number of pyridine rings is 1. The molecule has 9 nitrogen and oxygen atoms in total. The number of carbonyl (C=O) groups excluding carboxylic acids is 1. The van der Waals surface area contributed by atoms with Gasteiger partial charge in [0.25, 0.3) is 5.91 Å². The van der Waals surface area contributed by atoms with Gasteiger partial charge in [-0.25, -0.2) is 9.37 Å². The molecule has 0 radical (unpaired) electrons. The predicted molar refractivity (Wildman–Crippen MR) is 141 cm³/mol. The number of hydrogen-bond acceptors (Lipinski definition) is 9. The van der Waals surface area contributed by atoms with Crippen LogP contribution in [0, 0.1) is 23.7 Å². The lowest BCUT2D eigenvalue weighted by Gasteiger charge is -2.25. The Morgan fingerprint density at radius 3 is 2.87 bits per heavy atom. The Morgan fingerprint density at radius 2 is 2.13 bits per heavy atom. The van der Waals surface area contributed by atoms with E-state index in [0.29, 0.717) is 51.4 Å². The second kappa shape index (κ2) is 11.9. The average Bonchev–Trinajstić information content (AvgIpc) is 3.67. The number of hydrogen-bond donors (Lipinski definition) is 2. The van der Waals surface area contributed by atoms with Crippen molar-refractivity contribution in [1.82, 2.24) is 20.5 Å². The van der Waals surface area contributed by atoms with Crippen molar-refractivity contribution in [2.75, 3.05) is 32.2 Å². The predicted octanol–water partition coefficient (Wildman–Crippen LogP) is 3.95. The Balaban J connectivity index is 1.42. The van der Waals surface area contributed by atoms with Crippen molar-refractivity contribution in [1.29, 1.82) is 0 Å². The van der Waals surface area contributed by atoms with Crippen LogP contribution in [0.4, 0.5) is 9.52 Å². The first-order valence-corrected chi connectivity index (χ1v) is 13.6. The Morgan fingerprint density at radius 1 is 1.32 bits per heavy atom. The number of methoxy groups -OCH3 is 1. The van der Waals surface area contributed by atoms with Crippen molar-refractivity contribution in [2.24, 2.45) is 11.8 Å². The first kappa shape index (κ1) is 26.1. The summed E-state index contributed by atoms with van der Waals surface area (Å²) in [5, 5.41) is 14.8. The number of nitrogens with zero attached hydrogens (tertiary/aromatic N) is 3. The van der Waals surface area contributed by atoms with Crippen LogP contribution < -0.4 is 15.4 Å². The molecule has 2 aromatic heterocycles. The summed E-state index contributed by atoms with van der Waals surface area (Å²) in [6.45, 7) is 3.40. The fourth-order valence-electron chi connectivity index (χ4n) is 4.13. The van der Waals surface area contributed by atoms with Gasteiger partial charge in [-0.15, -0.1) is 10.2 Å². The average molecular weight is 540 g/mol. The van der Waals surface area contributed by atoms with Gasteiger partial charge in [-0.3, -0.25) is 10.1 Å². The number of amides is 1. The molecule has 5 rings (SSSR count). The summed E-state index contributed by atoms with van der Waals surface area (Å²) in [5.74, 6) is 7.37. The van der Waals surface area contributed by atoms with Crippen LogP contribution in [0.15, 0.2) is 30.3 Å². The number of ether oxygens (including phenoxy) is 3. The SMILES string of the molecule is COC1=CNC(C(C)F)C=C1c1cc(OCC2CCOCC2)ncc1C(=O)Nc1nnc(C#CC2CC2)s1. The first-order chi connectivity index (χ1) is 18.5. The molecule has 1 amide bonds.